The van der Waals surface area contributed by atoms with Crippen LogP contribution >= 0.6 is 0 Å². The van der Waals surface area contributed by atoms with Crippen molar-refractivity contribution in [3.8, 4) is 5.75 Å². The predicted molar refractivity (Wildman–Crippen MR) is 147 cm³/mol. The number of para-hydroxylation sites is 1. The zero-order chi connectivity index (χ0) is 28.9. The summed E-state index contributed by atoms with van der Waals surface area (Å²) in [5.41, 5.74) is 7.05. The second-order valence-corrected chi connectivity index (χ2v) is 11.0. The van der Waals surface area contributed by atoms with Gasteiger partial charge in [0.25, 0.3) is 5.91 Å². The van der Waals surface area contributed by atoms with E-state index < -0.39 is 47.9 Å². The Kier molecular flexibility index (Phi) is 9.21. The minimum absolute atomic E-state index is 0.0523. The van der Waals surface area contributed by atoms with Gasteiger partial charge in [-0.2, -0.15) is 0 Å². The number of carbonyl (C=O) groups is 4. The summed E-state index contributed by atoms with van der Waals surface area (Å²) in [4.78, 5) is 54.0. The van der Waals surface area contributed by atoms with Gasteiger partial charge in [0.1, 0.15) is 23.4 Å². The molecular weight excluding hydrogens is 500 g/mol. The van der Waals surface area contributed by atoms with Crippen LogP contribution in [0.15, 0.2) is 42.5 Å². The molecule has 0 spiro atoms. The number of phenolic OH excluding ortho intramolecular Hbond substituents is 1. The van der Waals surface area contributed by atoms with Crippen LogP contribution in [0.25, 0.3) is 0 Å². The van der Waals surface area contributed by atoms with Crippen molar-refractivity contribution in [3.05, 3.63) is 59.2 Å². The number of nitrogens with zero attached hydrogens (tertiary/aromatic N) is 1. The number of carbonyl (C=O) groups excluding carboxylic acids is 4. The van der Waals surface area contributed by atoms with E-state index in [-0.39, 0.29) is 11.8 Å². The number of ether oxygens (including phenoxy) is 1. The van der Waals surface area contributed by atoms with Crippen LogP contribution in [-0.2, 0) is 19.1 Å². The van der Waals surface area contributed by atoms with Crippen molar-refractivity contribution in [2.24, 2.45) is 5.73 Å². The van der Waals surface area contributed by atoms with Gasteiger partial charge in [-0.3, -0.25) is 14.4 Å². The number of benzene rings is 2. The Labute approximate surface area is 228 Å². The molecule has 0 heterocycles. The van der Waals surface area contributed by atoms with E-state index >= 15 is 0 Å². The third kappa shape index (κ3) is 7.72. The fourth-order valence-corrected chi connectivity index (χ4v) is 4.42. The molecule has 1 saturated carbocycles. The molecular formula is C29H38N4O6. The molecule has 10 heteroatoms. The van der Waals surface area contributed by atoms with E-state index in [1.54, 1.807) is 52.0 Å². The smallest absolute Gasteiger partial charge is 0.408 e. The molecule has 1 aliphatic carbocycles. The highest BCUT2D eigenvalue weighted by Crippen LogP contribution is 2.36. The Bertz CT molecular complexity index is 1230. The first-order chi connectivity index (χ1) is 18.3. The summed E-state index contributed by atoms with van der Waals surface area (Å²) in [5, 5.41) is 15.6. The number of amides is 4. The van der Waals surface area contributed by atoms with E-state index in [4.69, 9.17) is 10.5 Å². The van der Waals surface area contributed by atoms with Crippen LogP contribution in [0, 0.1) is 13.8 Å². The quantitative estimate of drug-likeness (QED) is 0.381. The zero-order valence-electron chi connectivity index (χ0n) is 23.1. The van der Waals surface area contributed by atoms with E-state index in [1.165, 1.54) is 11.0 Å². The molecule has 2 aromatic carbocycles. The second kappa shape index (κ2) is 12.2. The maximum Gasteiger partial charge on any atom is 0.408 e. The lowest BCUT2D eigenvalue weighted by Crippen LogP contribution is -2.57. The molecule has 0 bridgehead atoms. The molecule has 0 saturated heterocycles. The average molecular weight is 539 g/mol. The highest BCUT2D eigenvalue weighted by molar-refractivity contribution is 6.00. The molecule has 210 valence electrons. The fraction of sp³-hybridized carbons (Fsp3) is 0.448. The highest BCUT2D eigenvalue weighted by Gasteiger charge is 2.42. The van der Waals surface area contributed by atoms with E-state index in [2.05, 4.69) is 10.6 Å². The lowest BCUT2D eigenvalue weighted by Gasteiger charge is -2.43. The summed E-state index contributed by atoms with van der Waals surface area (Å²) < 4.78 is 5.31. The number of hydrogen-bond donors (Lipinski definition) is 4. The van der Waals surface area contributed by atoms with Crippen LogP contribution in [0.5, 0.6) is 5.75 Å². The third-order valence-electron chi connectivity index (χ3n) is 6.58. The number of anilines is 1. The van der Waals surface area contributed by atoms with Gasteiger partial charge >= 0.3 is 6.09 Å². The van der Waals surface area contributed by atoms with E-state index in [1.807, 2.05) is 19.1 Å². The largest absolute Gasteiger partial charge is 0.508 e. The van der Waals surface area contributed by atoms with Gasteiger partial charge in [0.2, 0.25) is 11.8 Å². The molecule has 0 aliphatic heterocycles. The van der Waals surface area contributed by atoms with Gasteiger partial charge < -0.3 is 31.1 Å². The van der Waals surface area contributed by atoms with Crippen molar-refractivity contribution in [3.63, 3.8) is 0 Å². The minimum atomic E-state index is -1.34. The normalized spacial score (nSPS) is 14.9. The number of primary amides is 1. The molecule has 39 heavy (non-hydrogen) atoms. The number of phenols is 1. The Hall–Kier alpha value is -4.08. The van der Waals surface area contributed by atoms with Gasteiger partial charge in [0, 0.05) is 11.7 Å². The standard InChI is InChI=1S/C29H38N4O6/c1-17-9-6-7-12-21(17)31-26(36)25(19-13-14-23(34)18(2)15-19)33(20-10-8-11-20)27(37)22(16-24(30)35)32-28(38)39-29(3,4)5/h6-7,9,12-15,20,22,25,34H,8,10-11,16H2,1-5H3,(H2,30,35)(H,31,36)(H,32,38). The number of nitrogens with two attached hydrogens (primary N) is 1. The van der Waals surface area contributed by atoms with Crippen molar-refractivity contribution in [2.45, 2.75) is 84.0 Å². The first-order valence-corrected chi connectivity index (χ1v) is 13.0. The topological polar surface area (TPSA) is 151 Å². The number of nitrogens with one attached hydrogen (secondary N) is 2. The summed E-state index contributed by atoms with van der Waals surface area (Å²) in [6, 6.07) is 9.23. The average Bonchev–Trinajstić information content (AvgIpc) is 2.78. The molecule has 1 aliphatic rings. The van der Waals surface area contributed by atoms with Crippen LogP contribution in [-0.4, -0.2) is 51.5 Å². The summed E-state index contributed by atoms with van der Waals surface area (Å²) in [7, 11) is 0. The zero-order valence-corrected chi connectivity index (χ0v) is 23.1. The van der Waals surface area contributed by atoms with E-state index in [9.17, 15) is 24.3 Å². The number of hydrogen-bond acceptors (Lipinski definition) is 6. The highest BCUT2D eigenvalue weighted by atomic mass is 16.6. The molecule has 0 aromatic heterocycles. The van der Waals surface area contributed by atoms with E-state index in [0.29, 0.717) is 29.7 Å². The minimum Gasteiger partial charge on any atom is -0.508 e. The summed E-state index contributed by atoms with van der Waals surface area (Å²) in [5.74, 6) is -1.83. The number of rotatable bonds is 9. The third-order valence-corrected chi connectivity index (χ3v) is 6.58. The summed E-state index contributed by atoms with van der Waals surface area (Å²) >= 11 is 0. The Morgan fingerprint density at radius 2 is 1.74 bits per heavy atom. The van der Waals surface area contributed by atoms with Crippen molar-refractivity contribution >= 4 is 29.5 Å². The molecule has 0 radical (unpaired) electrons. The van der Waals surface area contributed by atoms with Crippen molar-refractivity contribution < 1.29 is 29.0 Å². The lowest BCUT2D eigenvalue weighted by atomic mass is 9.87. The van der Waals surface area contributed by atoms with Gasteiger partial charge in [-0.1, -0.05) is 24.3 Å². The first kappa shape index (κ1) is 29.5. The molecule has 2 unspecified atom stereocenters. The van der Waals surface area contributed by atoms with Crippen LogP contribution in [0.2, 0.25) is 0 Å². The van der Waals surface area contributed by atoms with Crippen molar-refractivity contribution in [2.75, 3.05) is 5.32 Å². The SMILES string of the molecule is Cc1cc(C(C(=O)Nc2ccccc2C)N(C(=O)C(CC(N)=O)NC(=O)OC(C)(C)C)C2CCC2)ccc1O. The molecule has 1 fully saturated rings. The maximum atomic E-state index is 14.1. The second-order valence-electron chi connectivity index (χ2n) is 11.0. The Morgan fingerprint density at radius 3 is 2.28 bits per heavy atom. The molecule has 10 nitrogen and oxygen atoms in total. The predicted octanol–water partition coefficient (Wildman–Crippen LogP) is 3.84. The monoisotopic (exact) mass is 538 g/mol. The van der Waals surface area contributed by atoms with Gasteiger partial charge in [-0.15, -0.1) is 0 Å². The van der Waals surface area contributed by atoms with Crippen LogP contribution < -0.4 is 16.4 Å². The number of aromatic hydroxyl groups is 1. The molecule has 2 aromatic rings. The Balaban J connectivity index is 2.06. The van der Waals surface area contributed by atoms with Crippen LogP contribution in [0.3, 0.4) is 0 Å². The molecule has 5 N–H and O–H groups in total. The van der Waals surface area contributed by atoms with Crippen molar-refractivity contribution in [1.29, 1.82) is 0 Å². The Morgan fingerprint density at radius 1 is 1.08 bits per heavy atom. The summed E-state index contributed by atoms with van der Waals surface area (Å²) in [6.07, 6.45) is 0.799. The van der Waals surface area contributed by atoms with Crippen LogP contribution in [0.4, 0.5) is 10.5 Å². The molecule has 2 atom stereocenters. The fourth-order valence-electron chi connectivity index (χ4n) is 4.42. The first-order valence-electron chi connectivity index (χ1n) is 13.0. The van der Waals surface area contributed by atoms with E-state index in [0.717, 1.165) is 12.0 Å². The number of alkyl carbamates (subject to hydrolysis) is 1. The molecule has 4 amide bonds. The lowest BCUT2D eigenvalue weighted by molar-refractivity contribution is -0.146. The van der Waals surface area contributed by atoms with Gasteiger partial charge in [0.05, 0.1) is 6.42 Å². The summed E-state index contributed by atoms with van der Waals surface area (Å²) in [6.45, 7) is 8.59. The van der Waals surface area contributed by atoms with Gasteiger partial charge in [-0.05, 0) is 88.8 Å². The van der Waals surface area contributed by atoms with Crippen molar-refractivity contribution in [1.82, 2.24) is 10.2 Å². The van der Waals surface area contributed by atoms with Gasteiger partial charge in [0.15, 0.2) is 0 Å². The van der Waals surface area contributed by atoms with Crippen LogP contribution in [0.1, 0.15) is 69.2 Å². The molecule has 3 rings (SSSR count). The number of aryl methyl sites for hydroxylation is 2. The van der Waals surface area contributed by atoms with Gasteiger partial charge in [-0.25, -0.2) is 4.79 Å². The maximum absolute atomic E-state index is 14.1.